The lowest BCUT2D eigenvalue weighted by atomic mass is 9.98. The maximum atomic E-state index is 12.5. The fourth-order valence-corrected chi connectivity index (χ4v) is 3.24. The number of pyridine rings is 1. The van der Waals surface area contributed by atoms with Gasteiger partial charge in [-0.15, -0.1) is 0 Å². The standard InChI is InChI=1S/C19H23N3O3.CH2O2/c1-24-16-5-3-13(10-17(16)25-2)9-14-7-8-22(12-14)19(23)15-4-6-18(20)21-11-15;2-1-3/h3-6,10-11,14H,7-9,12H2,1-2H3,(H2,20,21);1H,(H,2,3). The maximum absolute atomic E-state index is 12.5. The van der Waals surface area contributed by atoms with Crippen molar-refractivity contribution < 1.29 is 24.2 Å². The molecular formula is C20H25N3O5. The van der Waals surface area contributed by atoms with Gasteiger partial charge in [0.05, 0.1) is 19.8 Å². The van der Waals surface area contributed by atoms with Crippen molar-refractivity contribution >= 4 is 18.2 Å². The average Bonchev–Trinajstić information content (AvgIpc) is 3.17. The van der Waals surface area contributed by atoms with Crippen molar-refractivity contribution in [2.24, 2.45) is 5.92 Å². The van der Waals surface area contributed by atoms with Crippen LogP contribution in [0.4, 0.5) is 5.82 Å². The predicted molar refractivity (Wildman–Crippen MR) is 105 cm³/mol. The van der Waals surface area contributed by atoms with Crippen molar-refractivity contribution in [3.63, 3.8) is 0 Å². The molecule has 1 saturated heterocycles. The van der Waals surface area contributed by atoms with Gasteiger partial charge in [-0.05, 0) is 48.6 Å². The largest absolute Gasteiger partial charge is 0.493 e. The van der Waals surface area contributed by atoms with E-state index >= 15 is 0 Å². The van der Waals surface area contributed by atoms with Crippen LogP contribution in [0.2, 0.25) is 0 Å². The monoisotopic (exact) mass is 387 g/mol. The Bertz CT molecular complexity index is 795. The summed E-state index contributed by atoms with van der Waals surface area (Å²) in [6.45, 7) is 1.26. The van der Waals surface area contributed by atoms with Crippen LogP contribution in [0, 0.1) is 5.92 Å². The van der Waals surface area contributed by atoms with Crippen LogP contribution in [0.5, 0.6) is 11.5 Å². The van der Waals surface area contributed by atoms with Gasteiger partial charge in [-0.25, -0.2) is 4.98 Å². The lowest BCUT2D eigenvalue weighted by molar-refractivity contribution is -0.122. The number of likely N-dealkylation sites (tertiary alicyclic amines) is 1. The Labute approximate surface area is 163 Å². The first-order chi connectivity index (χ1) is 13.5. The lowest BCUT2D eigenvalue weighted by Crippen LogP contribution is -2.29. The molecule has 0 saturated carbocycles. The number of nitrogens with zero attached hydrogens (tertiary/aromatic N) is 2. The molecule has 1 atom stereocenters. The second kappa shape index (κ2) is 10.1. The topological polar surface area (TPSA) is 115 Å². The third kappa shape index (κ3) is 5.35. The molecule has 1 amide bonds. The van der Waals surface area contributed by atoms with E-state index < -0.39 is 0 Å². The lowest BCUT2D eigenvalue weighted by Gasteiger charge is -2.17. The van der Waals surface area contributed by atoms with Crippen molar-refractivity contribution in [3.05, 3.63) is 47.7 Å². The molecule has 150 valence electrons. The van der Waals surface area contributed by atoms with E-state index in [4.69, 9.17) is 25.1 Å². The van der Waals surface area contributed by atoms with Crippen LogP contribution in [0.15, 0.2) is 36.5 Å². The van der Waals surface area contributed by atoms with Crippen LogP contribution in [0.1, 0.15) is 22.3 Å². The first-order valence-corrected chi connectivity index (χ1v) is 8.82. The van der Waals surface area contributed by atoms with Crippen molar-refractivity contribution in [1.29, 1.82) is 0 Å². The zero-order valence-corrected chi connectivity index (χ0v) is 16.0. The van der Waals surface area contributed by atoms with E-state index in [1.807, 2.05) is 17.0 Å². The Morgan fingerprint density at radius 2 is 2.00 bits per heavy atom. The Hall–Kier alpha value is -3.29. The molecule has 1 aromatic carbocycles. The Kier molecular flexibility index (Phi) is 7.62. The summed E-state index contributed by atoms with van der Waals surface area (Å²) in [5.74, 6) is 2.33. The number of nitrogens with two attached hydrogens (primary N) is 1. The number of nitrogen functional groups attached to an aromatic ring is 1. The fraction of sp³-hybridized carbons (Fsp3) is 0.350. The van der Waals surface area contributed by atoms with Gasteiger partial charge in [-0.3, -0.25) is 9.59 Å². The zero-order valence-electron chi connectivity index (χ0n) is 16.0. The maximum Gasteiger partial charge on any atom is 0.290 e. The first-order valence-electron chi connectivity index (χ1n) is 8.82. The number of carboxylic acid groups (broad SMARTS) is 1. The van der Waals surface area contributed by atoms with Crippen LogP contribution in [0.3, 0.4) is 0 Å². The van der Waals surface area contributed by atoms with E-state index in [1.165, 1.54) is 5.56 Å². The summed E-state index contributed by atoms with van der Waals surface area (Å²) in [6, 6.07) is 9.37. The molecule has 2 heterocycles. The molecule has 1 aliphatic heterocycles. The number of aromatic nitrogens is 1. The number of ether oxygens (including phenoxy) is 2. The van der Waals surface area contributed by atoms with Gasteiger partial charge < -0.3 is 25.2 Å². The highest BCUT2D eigenvalue weighted by molar-refractivity contribution is 5.94. The summed E-state index contributed by atoms with van der Waals surface area (Å²) in [5.41, 5.74) is 7.35. The molecule has 8 heteroatoms. The minimum Gasteiger partial charge on any atom is -0.493 e. The van der Waals surface area contributed by atoms with Gasteiger partial charge in [0.15, 0.2) is 11.5 Å². The highest BCUT2D eigenvalue weighted by Gasteiger charge is 2.27. The number of rotatable bonds is 5. The van der Waals surface area contributed by atoms with Gasteiger partial charge in [0.25, 0.3) is 12.4 Å². The van der Waals surface area contributed by atoms with E-state index in [1.54, 1.807) is 32.5 Å². The predicted octanol–water partition coefficient (Wildman–Crippen LogP) is 2.09. The molecule has 28 heavy (non-hydrogen) atoms. The van der Waals surface area contributed by atoms with Crippen molar-refractivity contribution in [1.82, 2.24) is 9.88 Å². The summed E-state index contributed by atoms with van der Waals surface area (Å²) in [7, 11) is 3.27. The molecule has 2 aromatic rings. The first kappa shape index (κ1) is 21.0. The van der Waals surface area contributed by atoms with Crippen LogP contribution >= 0.6 is 0 Å². The van der Waals surface area contributed by atoms with Gasteiger partial charge >= 0.3 is 0 Å². The van der Waals surface area contributed by atoms with E-state index in [0.29, 0.717) is 17.3 Å². The van der Waals surface area contributed by atoms with Crippen LogP contribution in [-0.4, -0.2) is 54.7 Å². The van der Waals surface area contributed by atoms with E-state index in [2.05, 4.69) is 11.1 Å². The number of methoxy groups -OCH3 is 2. The van der Waals surface area contributed by atoms with Gasteiger partial charge in [-0.1, -0.05) is 6.07 Å². The second-order valence-electron chi connectivity index (χ2n) is 6.38. The van der Waals surface area contributed by atoms with Gasteiger partial charge in [0, 0.05) is 19.3 Å². The number of anilines is 1. The highest BCUT2D eigenvalue weighted by Crippen LogP contribution is 2.30. The minimum atomic E-state index is -0.250. The van der Waals surface area contributed by atoms with E-state index in [0.717, 1.165) is 37.4 Å². The third-order valence-corrected chi connectivity index (χ3v) is 4.58. The molecule has 0 bridgehead atoms. The molecule has 1 aliphatic rings. The van der Waals surface area contributed by atoms with E-state index in [-0.39, 0.29) is 12.4 Å². The van der Waals surface area contributed by atoms with Crippen LogP contribution in [0.25, 0.3) is 0 Å². The van der Waals surface area contributed by atoms with Crippen molar-refractivity contribution in [2.45, 2.75) is 12.8 Å². The molecular weight excluding hydrogens is 362 g/mol. The number of carbonyl (C=O) groups excluding carboxylic acids is 1. The number of amides is 1. The zero-order chi connectivity index (χ0) is 20.5. The second-order valence-corrected chi connectivity index (χ2v) is 6.38. The van der Waals surface area contributed by atoms with Gasteiger partial charge in [0.1, 0.15) is 5.82 Å². The quantitative estimate of drug-likeness (QED) is 0.755. The van der Waals surface area contributed by atoms with E-state index in [9.17, 15) is 4.79 Å². The molecule has 0 spiro atoms. The molecule has 1 fully saturated rings. The number of carbonyl (C=O) groups is 2. The Morgan fingerprint density at radius 1 is 1.29 bits per heavy atom. The fourth-order valence-electron chi connectivity index (χ4n) is 3.24. The molecule has 3 rings (SSSR count). The number of benzene rings is 1. The minimum absolute atomic E-state index is 0.0160. The summed E-state index contributed by atoms with van der Waals surface area (Å²) in [4.78, 5) is 26.8. The molecule has 3 N–H and O–H groups in total. The highest BCUT2D eigenvalue weighted by atomic mass is 16.5. The summed E-state index contributed by atoms with van der Waals surface area (Å²) in [5, 5.41) is 6.89. The van der Waals surface area contributed by atoms with Crippen molar-refractivity contribution in [3.8, 4) is 11.5 Å². The molecule has 1 aromatic heterocycles. The molecule has 8 nitrogen and oxygen atoms in total. The molecule has 0 radical (unpaired) electrons. The smallest absolute Gasteiger partial charge is 0.290 e. The summed E-state index contributed by atoms with van der Waals surface area (Å²) >= 11 is 0. The SMILES string of the molecule is COc1ccc(CC2CCN(C(=O)c3ccc(N)nc3)C2)cc1OC.O=CO. The normalized spacial score (nSPS) is 15.4. The molecule has 0 aliphatic carbocycles. The summed E-state index contributed by atoms with van der Waals surface area (Å²) in [6.07, 6.45) is 3.44. The van der Waals surface area contributed by atoms with Gasteiger partial charge in [-0.2, -0.15) is 0 Å². The Morgan fingerprint density at radius 3 is 2.61 bits per heavy atom. The number of hydrogen-bond donors (Lipinski definition) is 2. The van der Waals surface area contributed by atoms with Gasteiger partial charge in [0.2, 0.25) is 0 Å². The number of hydrogen-bond acceptors (Lipinski definition) is 6. The Balaban J connectivity index is 0.000000878. The molecule has 1 unspecified atom stereocenters. The van der Waals surface area contributed by atoms with Crippen molar-refractivity contribution in [2.75, 3.05) is 33.0 Å². The average molecular weight is 387 g/mol. The van der Waals surface area contributed by atoms with Crippen LogP contribution < -0.4 is 15.2 Å². The van der Waals surface area contributed by atoms with Crippen LogP contribution in [-0.2, 0) is 11.2 Å². The summed E-state index contributed by atoms with van der Waals surface area (Å²) < 4.78 is 10.6. The third-order valence-electron chi connectivity index (χ3n) is 4.58.